The van der Waals surface area contributed by atoms with E-state index in [1.165, 1.54) is 22.9 Å². The summed E-state index contributed by atoms with van der Waals surface area (Å²) in [5, 5.41) is 11.6. The fraction of sp³-hybridized carbons (Fsp3) is 0.435. The first-order valence-electron chi connectivity index (χ1n) is 10.6. The minimum Gasteiger partial charge on any atom is -0.368 e. The maximum Gasteiger partial charge on any atom is 0.293 e. The maximum atomic E-state index is 13.0. The molecular formula is C23H28N4O3. The van der Waals surface area contributed by atoms with Crippen LogP contribution in [0.25, 0.3) is 0 Å². The summed E-state index contributed by atoms with van der Waals surface area (Å²) in [6.07, 6.45) is 2.09. The molecule has 158 valence electrons. The smallest absolute Gasteiger partial charge is 0.293 e. The van der Waals surface area contributed by atoms with Crippen molar-refractivity contribution in [3.63, 3.8) is 0 Å². The summed E-state index contributed by atoms with van der Waals surface area (Å²) >= 11 is 0. The summed E-state index contributed by atoms with van der Waals surface area (Å²) in [7, 11) is 0. The molecule has 2 saturated heterocycles. The zero-order chi connectivity index (χ0) is 21.3. The van der Waals surface area contributed by atoms with E-state index in [9.17, 15) is 14.9 Å². The number of piperazine rings is 1. The van der Waals surface area contributed by atoms with Crippen LogP contribution >= 0.6 is 0 Å². The lowest BCUT2D eigenvalue weighted by Gasteiger charge is -2.37. The van der Waals surface area contributed by atoms with Crippen molar-refractivity contribution in [2.45, 2.75) is 26.7 Å². The molecule has 0 saturated carbocycles. The number of hydrogen-bond donors (Lipinski definition) is 0. The molecule has 7 heteroatoms. The first kappa shape index (κ1) is 20.2. The van der Waals surface area contributed by atoms with Crippen molar-refractivity contribution in [2.24, 2.45) is 0 Å². The van der Waals surface area contributed by atoms with Crippen LogP contribution in [-0.4, -0.2) is 55.0 Å². The van der Waals surface area contributed by atoms with Gasteiger partial charge in [-0.15, -0.1) is 0 Å². The fourth-order valence-corrected chi connectivity index (χ4v) is 4.44. The van der Waals surface area contributed by atoms with Gasteiger partial charge in [-0.05, 0) is 56.0 Å². The maximum absolute atomic E-state index is 13.0. The summed E-state index contributed by atoms with van der Waals surface area (Å²) in [6, 6.07) is 11.2. The quantitative estimate of drug-likeness (QED) is 0.569. The van der Waals surface area contributed by atoms with E-state index in [0.717, 1.165) is 39.0 Å². The highest BCUT2D eigenvalue weighted by atomic mass is 16.6. The van der Waals surface area contributed by atoms with Gasteiger partial charge < -0.3 is 14.7 Å². The van der Waals surface area contributed by atoms with E-state index in [0.29, 0.717) is 24.3 Å². The van der Waals surface area contributed by atoms with E-state index >= 15 is 0 Å². The number of anilines is 2. The zero-order valence-electron chi connectivity index (χ0n) is 17.6. The van der Waals surface area contributed by atoms with Crippen molar-refractivity contribution < 1.29 is 9.72 Å². The van der Waals surface area contributed by atoms with Gasteiger partial charge in [0.05, 0.1) is 4.92 Å². The molecule has 2 aromatic rings. The van der Waals surface area contributed by atoms with E-state index in [2.05, 4.69) is 36.9 Å². The van der Waals surface area contributed by atoms with E-state index in [1.807, 2.05) is 4.90 Å². The monoisotopic (exact) mass is 408 g/mol. The highest BCUT2D eigenvalue weighted by Gasteiger charge is 2.27. The molecule has 0 spiro atoms. The molecule has 0 unspecified atom stereocenters. The number of aryl methyl sites for hydroxylation is 1. The van der Waals surface area contributed by atoms with Crippen LogP contribution in [0.2, 0.25) is 0 Å². The van der Waals surface area contributed by atoms with Crippen LogP contribution in [0, 0.1) is 24.0 Å². The summed E-state index contributed by atoms with van der Waals surface area (Å²) in [5.74, 6) is -0.133. The standard InChI is InChI=1S/C23H28N4O3/c1-17-6-5-7-20(18(17)2)25-12-14-26(15-13-25)23(28)19-8-9-21(22(16-19)27(29)30)24-10-3-4-11-24/h5-9,16H,3-4,10-15H2,1-2H3. The fourth-order valence-electron chi connectivity index (χ4n) is 4.44. The van der Waals surface area contributed by atoms with E-state index < -0.39 is 0 Å². The Bertz CT molecular complexity index is 961. The number of nitro benzene ring substituents is 1. The van der Waals surface area contributed by atoms with Gasteiger partial charge in [0.2, 0.25) is 0 Å². The molecular weight excluding hydrogens is 380 g/mol. The minimum absolute atomic E-state index is 0.0248. The second-order valence-electron chi connectivity index (χ2n) is 8.15. The Morgan fingerprint density at radius 3 is 2.23 bits per heavy atom. The van der Waals surface area contributed by atoms with Crippen LogP contribution < -0.4 is 9.80 Å². The molecule has 2 aliphatic heterocycles. The predicted molar refractivity (Wildman–Crippen MR) is 119 cm³/mol. The van der Waals surface area contributed by atoms with Gasteiger partial charge in [0.15, 0.2) is 0 Å². The third-order valence-corrected chi connectivity index (χ3v) is 6.35. The van der Waals surface area contributed by atoms with Crippen molar-refractivity contribution in [1.29, 1.82) is 0 Å². The Labute approximate surface area is 177 Å². The number of carbonyl (C=O) groups is 1. The average Bonchev–Trinajstić information content (AvgIpc) is 3.29. The van der Waals surface area contributed by atoms with Crippen molar-refractivity contribution in [2.75, 3.05) is 49.1 Å². The average molecular weight is 409 g/mol. The highest BCUT2D eigenvalue weighted by molar-refractivity contribution is 5.96. The van der Waals surface area contributed by atoms with Crippen molar-refractivity contribution in [1.82, 2.24) is 4.90 Å². The number of nitro groups is 1. The molecule has 1 amide bonds. The molecule has 7 nitrogen and oxygen atoms in total. The molecule has 0 N–H and O–H groups in total. The predicted octanol–water partition coefficient (Wildman–Crippen LogP) is 3.77. The van der Waals surface area contributed by atoms with Gasteiger partial charge in [0.1, 0.15) is 5.69 Å². The first-order chi connectivity index (χ1) is 14.5. The Morgan fingerprint density at radius 1 is 0.900 bits per heavy atom. The van der Waals surface area contributed by atoms with Gasteiger partial charge in [0.25, 0.3) is 11.6 Å². The van der Waals surface area contributed by atoms with Crippen molar-refractivity contribution in [3.05, 3.63) is 63.2 Å². The second kappa shape index (κ2) is 8.34. The van der Waals surface area contributed by atoms with Crippen LogP contribution in [-0.2, 0) is 0 Å². The molecule has 0 radical (unpaired) electrons. The molecule has 0 bridgehead atoms. The van der Waals surface area contributed by atoms with Crippen molar-refractivity contribution in [3.8, 4) is 0 Å². The third kappa shape index (κ3) is 3.84. The number of rotatable bonds is 4. The lowest BCUT2D eigenvalue weighted by Crippen LogP contribution is -2.49. The number of benzene rings is 2. The molecule has 4 rings (SSSR count). The van der Waals surface area contributed by atoms with Crippen LogP contribution in [0.1, 0.15) is 34.3 Å². The summed E-state index contributed by atoms with van der Waals surface area (Å²) < 4.78 is 0. The number of hydrogen-bond acceptors (Lipinski definition) is 5. The number of nitrogens with zero attached hydrogens (tertiary/aromatic N) is 4. The Morgan fingerprint density at radius 2 is 1.57 bits per heavy atom. The number of carbonyl (C=O) groups excluding carboxylic acids is 1. The van der Waals surface area contributed by atoms with Crippen molar-refractivity contribution >= 4 is 23.0 Å². The van der Waals surface area contributed by atoms with Gasteiger partial charge in [-0.25, -0.2) is 0 Å². The van der Waals surface area contributed by atoms with Crippen LogP contribution in [0.3, 0.4) is 0 Å². The van der Waals surface area contributed by atoms with E-state index in [4.69, 9.17) is 0 Å². The Balaban J connectivity index is 1.48. The highest BCUT2D eigenvalue weighted by Crippen LogP contribution is 2.32. The minimum atomic E-state index is -0.372. The molecule has 0 aliphatic carbocycles. The first-order valence-corrected chi connectivity index (χ1v) is 10.6. The summed E-state index contributed by atoms with van der Waals surface area (Å²) in [4.78, 5) is 30.5. The van der Waals surface area contributed by atoms with Gasteiger partial charge >= 0.3 is 0 Å². The van der Waals surface area contributed by atoms with Gasteiger partial charge in [-0.2, -0.15) is 0 Å². The molecule has 2 aliphatic rings. The van der Waals surface area contributed by atoms with Crippen LogP contribution in [0.15, 0.2) is 36.4 Å². The van der Waals surface area contributed by atoms with Crippen LogP contribution in [0.5, 0.6) is 0 Å². The number of amides is 1. The largest absolute Gasteiger partial charge is 0.368 e. The van der Waals surface area contributed by atoms with Crippen LogP contribution in [0.4, 0.5) is 17.1 Å². The van der Waals surface area contributed by atoms with Gasteiger partial charge in [-0.3, -0.25) is 14.9 Å². The third-order valence-electron chi connectivity index (χ3n) is 6.35. The Kier molecular flexibility index (Phi) is 5.61. The van der Waals surface area contributed by atoms with E-state index in [-0.39, 0.29) is 16.5 Å². The molecule has 0 aromatic heterocycles. The zero-order valence-corrected chi connectivity index (χ0v) is 17.6. The molecule has 2 fully saturated rings. The Hall–Kier alpha value is -3.09. The molecule has 2 aromatic carbocycles. The SMILES string of the molecule is Cc1cccc(N2CCN(C(=O)c3ccc(N4CCCC4)c([N+](=O)[O-])c3)CC2)c1C. The topological polar surface area (TPSA) is 69.9 Å². The van der Waals surface area contributed by atoms with E-state index in [1.54, 1.807) is 17.0 Å². The normalized spacial score (nSPS) is 16.8. The molecule has 2 heterocycles. The molecule has 0 atom stereocenters. The second-order valence-corrected chi connectivity index (χ2v) is 8.15. The lowest BCUT2D eigenvalue weighted by atomic mass is 10.1. The molecule has 30 heavy (non-hydrogen) atoms. The summed E-state index contributed by atoms with van der Waals surface area (Å²) in [5.41, 5.74) is 4.78. The summed E-state index contributed by atoms with van der Waals surface area (Å²) in [6.45, 7) is 8.61. The van der Waals surface area contributed by atoms with Gasteiger partial charge in [0, 0.05) is 56.6 Å². The van der Waals surface area contributed by atoms with Gasteiger partial charge in [-0.1, -0.05) is 12.1 Å². The lowest BCUT2D eigenvalue weighted by molar-refractivity contribution is -0.384.